The van der Waals surface area contributed by atoms with Crippen molar-refractivity contribution >= 4 is 19.8 Å². The molecule has 0 heterocycles. The minimum absolute atomic E-state index is 0.0441. The van der Waals surface area contributed by atoms with Crippen molar-refractivity contribution in [2.75, 3.05) is 26.4 Å². The van der Waals surface area contributed by atoms with Crippen LogP contribution in [-0.4, -0.2) is 49.3 Å². The van der Waals surface area contributed by atoms with E-state index in [-0.39, 0.29) is 32.6 Å². The van der Waals surface area contributed by atoms with E-state index >= 15 is 0 Å². The summed E-state index contributed by atoms with van der Waals surface area (Å²) < 4.78 is 32.6. The first-order valence-electron chi connectivity index (χ1n) is 19.6. The maximum absolute atomic E-state index is 12.5. The predicted octanol–water partition coefficient (Wildman–Crippen LogP) is 10.8. The average Bonchev–Trinajstić information content (AvgIpc) is 3.10. The van der Waals surface area contributed by atoms with E-state index in [0.717, 1.165) is 38.5 Å². The monoisotopic (exact) mass is 725 g/mol. The number of unbranched alkanes of at least 4 members (excludes halogenated alkanes) is 15. The van der Waals surface area contributed by atoms with Crippen LogP contribution in [0.5, 0.6) is 0 Å². The van der Waals surface area contributed by atoms with Gasteiger partial charge in [0.15, 0.2) is 6.10 Å². The van der Waals surface area contributed by atoms with Gasteiger partial charge < -0.3 is 20.1 Å². The molecule has 3 N–H and O–H groups in total. The van der Waals surface area contributed by atoms with Crippen LogP contribution in [0.4, 0.5) is 0 Å². The summed E-state index contributed by atoms with van der Waals surface area (Å²) in [6.07, 6.45) is 40.0. The van der Waals surface area contributed by atoms with Crippen molar-refractivity contribution in [3.63, 3.8) is 0 Å². The van der Waals surface area contributed by atoms with E-state index in [4.69, 9.17) is 24.3 Å². The van der Waals surface area contributed by atoms with Gasteiger partial charge >= 0.3 is 19.8 Å². The van der Waals surface area contributed by atoms with E-state index < -0.39 is 32.5 Å². The molecule has 0 aliphatic heterocycles. The Bertz CT molecular complexity index is 965. The highest BCUT2D eigenvalue weighted by atomic mass is 31.2. The second-order valence-corrected chi connectivity index (χ2v) is 14.3. The van der Waals surface area contributed by atoms with E-state index in [0.29, 0.717) is 12.8 Å². The Hall–Kier alpha value is -2.03. The maximum Gasteiger partial charge on any atom is 0.472 e. The zero-order chi connectivity index (χ0) is 36.8. The minimum atomic E-state index is -4.38. The van der Waals surface area contributed by atoms with Crippen molar-refractivity contribution in [3.05, 3.63) is 48.6 Å². The zero-order valence-electron chi connectivity index (χ0n) is 31.6. The van der Waals surface area contributed by atoms with Crippen molar-refractivity contribution in [1.29, 1.82) is 0 Å². The normalized spacial score (nSPS) is 13.9. The highest BCUT2D eigenvalue weighted by Crippen LogP contribution is 2.43. The molecular formula is C40H72NO8P. The first-order valence-corrected chi connectivity index (χ1v) is 21.1. The SMILES string of the molecule is CCCCC/C=C/C/C=C/C/C=C/C/C=C/CCCC(=O)O[C@H](COC(=O)CCCCCCCCCCCCCC)COP(=O)(O)OCCN. The molecule has 0 bridgehead atoms. The maximum atomic E-state index is 12.5. The van der Waals surface area contributed by atoms with E-state index in [1.165, 1.54) is 83.5 Å². The number of ether oxygens (including phenoxy) is 2. The van der Waals surface area contributed by atoms with Gasteiger partial charge in [-0.1, -0.05) is 146 Å². The largest absolute Gasteiger partial charge is 0.472 e. The molecular weight excluding hydrogens is 653 g/mol. The van der Waals surface area contributed by atoms with Gasteiger partial charge in [-0.3, -0.25) is 18.6 Å². The number of allylic oxidation sites excluding steroid dienone is 8. The molecule has 0 saturated heterocycles. The molecule has 0 aromatic heterocycles. The van der Waals surface area contributed by atoms with Crippen LogP contribution in [0, 0.1) is 0 Å². The second kappa shape index (κ2) is 36.8. The molecule has 0 aliphatic rings. The fourth-order valence-corrected chi connectivity index (χ4v) is 5.80. The summed E-state index contributed by atoms with van der Waals surface area (Å²) in [7, 11) is -4.38. The first-order chi connectivity index (χ1) is 24.3. The predicted molar refractivity (Wildman–Crippen MR) is 206 cm³/mol. The summed E-state index contributed by atoms with van der Waals surface area (Å²) in [6.45, 7) is 3.62. The molecule has 50 heavy (non-hydrogen) atoms. The van der Waals surface area contributed by atoms with E-state index in [1.54, 1.807) is 0 Å². The standard InChI is InChI=1S/C40H72NO8P/c1-3-5-7-9-11-13-15-17-18-19-20-21-23-25-27-29-31-33-40(43)49-38(37-48-50(44,45)47-35-34-41)36-46-39(42)32-30-28-26-24-22-16-14-12-10-8-6-4-2/h11,13,17-18,20-21,25,27,38H,3-10,12,14-16,19,22-24,26,28-37,41H2,1-2H3,(H,44,45)/b13-11+,18-17+,21-20+,27-25+/t38-/m1/s1. The van der Waals surface area contributed by atoms with Gasteiger partial charge in [0.1, 0.15) is 6.61 Å². The van der Waals surface area contributed by atoms with Gasteiger partial charge in [0.05, 0.1) is 13.2 Å². The molecule has 0 aliphatic carbocycles. The number of esters is 2. The number of phosphoric acid groups is 1. The van der Waals surface area contributed by atoms with Crippen LogP contribution in [0.1, 0.15) is 162 Å². The molecule has 0 aromatic carbocycles. The van der Waals surface area contributed by atoms with Crippen LogP contribution in [0.25, 0.3) is 0 Å². The van der Waals surface area contributed by atoms with Crippen LogP contribution in [0.2, 0.25) is 0 Å². The van der Waals surface area contributed by atoms with Gasteiger partial charge in [0.2, 0.25) is 0 Å². The van der Waals surface area contributed by atoms with Gasteiger partial charge in [0.25, 0.3) is 0 Å². The number of hydrogen-bond acceptors (Lipinski definition) is 8. The van der Waals surface area contributed by atoms with Crippen LogP contribution in [-0.2, 0) is 32.7 Å². The first kappa shape index (κ1) is 48.0. The molecule has 0 rings (SSSR count). The molecule has 9 nitrogen and oxygen atoms in total. The third kappa shape index (κ3) is 35.8. The number of nitrogens with two attached hydrogens (primary N) is 1. The van der Waals surface area contributed by atoms with E-state index in [1.807, 2.05) is 6.08 Å². The lowest BCUT2D eigenvalue weighted by atomic mass is 10.0. The molecule has 0 amide bonds. The molecule has 0 saturated carbocycles. The van der Waals surface area contributed by atoms with Crippen molar-refractivity contribution in [2.24, 2.45) is 5.73 Å². The Morgan fingerprint density at radius 3 is 1.60 bits per heavy atom. The molecule has 0 spiro atoms. The van der Waals surface area contributed by atoms with Crippen LogP contribution in [0.15, 0.2) is 48.6 Å². The van der Waals surface area contributed by atoms with E-state index in [9.17, 15) is 19.0 Å². The quantitative estimate of drug-likeness (QED) is 0.0280. The highest BCUT2D eigenvalue weighted by Gasteiger charge is 2.25. The average molecular weight is 726 g/mol. The summed E-state index contributed by atoms with van der Waals surface area (Å²) >= 11 is 0. The molecule has 0 radical (unpaired) electrons. The van der Waals surface area contributed by atoms with Gasteiger partial charge in [-0.15, -0.1) is 0 Å². The molecule has 290 valence electrons. The molecule has 0 fully saturated rings. The molecule has 10 heteroatoms. The van der Waals surface area contributed by atoms with E-state index in [2.05, 4.69) is 56.4 Å². The summed E-state index contributed by atoms with van der Waals surface area (Å²) in [5.74, 6) is -0.896. The molecule has 1 unspecified atom stereocenters. The fraction of sp³-hybridized carbons (Fsp3) is 0.750. The fourth-order valence-electron chi connectivity index (χ4n) is 5.04. The smallest absolute Gasteiger partial charge is 0.462 e. The third-order valence-corrected chi connectivity index (χ3v) is 8.95. The lowest BCUT2D eigenvalue weighted by Gasteiger charge is -2.19. The number of carbonyl (C=O) groups excluding carboxylic acids is 2. The number of phosphoric ester groups is 1. The van der Waals surface area contributed by atoms with Crippen molar-refractivity contribution in [3.8, 4) is 0 Å². The van der Waals surface area contributed by atoms with Crippen LogP contribution in [0.3, 0.4) is 0 Å². The summed E-state index contributed by atoms with van der Waals surface area (Å²) in [5, 5.41) is 0. The Kier molecular flexibility index (Phi) is 35.3. The summed E-state index contributed by atoms with van der Waals surface area (Å²) in [4.78, 5) is 34.7. The lowest BCUT2D eigenvalue weighted by Crippen LogP contribution is -2.29. The number of rotatable bonds is 36. The Labute approximate surface area is 305 Å². The van der Waals surface area contributed by atoms with Gasteiger partial charge in [-0.25, -0.2) is 4.57 Å². The summed E-state index contributed by atoms with van der Waals surface area (Å²) in [5.41, 5.74) is 5.33. The Morgan fingerprint density at radius 1 is 0.600 bits per heavy atom. The zero-order valence-corrected chi connectivity index (χ0v) is 32.5. The van der Waals surface area contributed by atoms with Crippen LogP contribution < -0.4 is 5.73 Å². The lowest BCUT2D eigenvalue weighted by molar-refractivity contribution is -0.161. The Balaban J connectivity index is 4.32. The minimum Gasteiger partial charge on any atom is -0.462 e. The Morgan fingerprint density at radius 2 is 1.06 bits per heavy atom. The highest BCUT2D eigenvalue weighted by molar-refractivity contribution is 7.47. The third-order valence-electron chi connectivity index (χ3n) is 7.97. The number of hydrogen-bond donors (Lipinski definition) is 2. The van der Waals surface area contributed by atoms with Crippen molar-refractivity contribution in [1.82, 2.24) is 0 Å². The van der Waals surface area contributed by atoms with Crippen LogP contribution >= 0.6 is 7.82 Å². The summed E-state index contributed by atoms with van der Waals surface area (Å²) in [6, 6.07) is 0. The second-order valence-electron chi connectivity index (χ2n) is 12.8. The molecule has 2 atom stereocenters. The topological polar surface area (TPSA) is 134 Å². The molecule has 0 aromatic rings. The van der Waals surface area contributed by atoms with Crippen molar-refractivity contribution in [2.45, 2.75) is 168 Å². The van der Waals surface area contributed by atoms with Crippen molar-refractivity contribution < 1.29 is 37.6 Å². The van der Waals surface area contributed by atoms with Gasteiger partial charge in [-0.2, -0.15) is 0 Å². The van der Waals surface area contributed by atoms with Gasteiger partial charge in [-0.05, 0) is 51.4 Å². The van der Waals surface area contributed by atoms with Gasteiger partial charge in [0, 0.05) is 19.4 Å². The number of carbonyl (C=O) groups is 2.